The van der Waals surface area contributed by atoms with Gasteiger partial charge in [0.1, 0.15) is 17.4 Å². The number of hydrogen-bond donors (Lipinski definition) is 1. The Kier molecular flexibility index (Phi) is 2.94. The largest absolute Gasteiger partial charge is 0.458 e. The third kappa shape index (κ3) is 2.07. The summed E-state index contributed by atoms with van der Waals surface area (Å²) >= 11 is 1.65. The predicted molar refractivity (Wildman–Crippen MR) is 73.9 cm³/mol. The molecule has 0 amide bonds. The lowest BCUT2D eigenvalue weighted by Crippen LogP contribution is -1.98. The molecule has 0 spiro atoms. The van der Waals surface area contributed by atoms with Crippen LogP contribution in [0.2, 0.25) is 0 Å². The van der Waals surface area contributed by atoms with Crippen molar-refractivity contribution in [2.45, 2.75) is 19.4 Å². The lowest BCUT2D eigenvalue weighted by molar-refractivity contribution is 0.153. The molecule has 0 bridgehead atoms. The van der Waals surface area contributed by atoms with Gasteiger partial charge in [-0.2, -0.15) is 0 Å². The average Bonchev–Trinajstić information content (AvgIpc) is 2.97. The Balaban J connectivity index is 1.92. The number of aryl methyl sites for hydroxylation is 1. The standard InChI is InChI=1S/C15H14O2S/c1-10-4-2-5-11-8-14(17-15(10)11)13(16)9-12-6-3-7-18-12/h2-8,13,16H,9H2,1H3. The smallest absolute Gasteiger partial charge is 0.137 e. The van der Waals surface area contributed by atoms with E-state index in [2.05, 4.69) is 0 Å². The van der Waals surface area contributed by atoms with Crippen LogP contribution in [-0.2, 0) is 6.42 Å². The van der Waals surface area contributed by atoms with Crippen molar-refractivity contribution < 1.29 is 9.52 Å². The average molecular weight is 258 g/mol. The maximum Gasteiger partial charge on any atom is 0.137 e. The Morgan fingerprint density at radius 1 is 1.28 bits per heavy atom. The van der Waals surface area contributed by atoms with Gasteiger partial charge in [0.15, 0.2) is 0 Å². The summed E-state index contributed by atoms with van der Waals surface area (Å²) in [5.41, 5.74) is 1.97. The summed E-state index contributed by atoms with van der Waals surface area (Å²) in [5, 5.41) is 13.3. The normalized spacial score (nSPS) is 13.0. The SMILES string of the molecule is Cc1cccc2cc(C(O)Cc3cccs3)oc12. The topological polar surface area (TPSA) is 33.4 Å². The molecule has 1 unspecified atom stereocenters. The molecule has 0 saturated carbocycles. The fourth-order valence-corrected chi connectivity index (χ4v) is 2.86. The molecule has 2 nitrogen and oxygen atoms in total. The van der Waals surface area contributed by atoms with Gasteiger partial charge in [0, 0.05) is 16.7 Å². The molecular weight excluding hydrogens is 244 g/mol. The highest BCUT2D eigenvalue weighted by molar-refractivity contribution is 7.09. The number of rotatable bonds is 3. The zero-order valence-electron chi connectivity index (χ0n) is 10.1. The first kappa shape index (κ1) is 11.5. The van der Waals surface area contributed by atoms with E-state index in [-0.39, 0.29) is 0 Å². The third-order valence-corrected chi connectivity index (χ3v) is 3.96. The molecule has 92 valence electrons. The fourth-order valence-electron chi connectivity index (χ4n) is 2.11. The molecule has 2 heterocycles. The molecule has 0 saturated heterocycles. The quantitative estimate of drug-likeness (QED) is 0.768. The first-order chi connectivity index (χ1) is 8.74. The molecule has 3 heteroatoms. The van der Waals surface area contributed by atoms with Crippen molar-refractivity contribution in [2.75, 3.05) is 0 Å². The van der Waals surface area contributed by atoms with E-state index in [1.54, 1.807) is 11.3 Å². The molecule has 3 aromatic rings. The van der Waals surface area contributed by atoms with Crippen molar-refractivity contribution in [3.05, 3.63) is 58.0 Å². The lowest BCUT2D eigenvalue weighted by Gasteiger charge is -2.05. The summed E-state index contributed by atoms with van der Waals surface area (Å²) < 4.78 is 5.76. The first-order valence-electron chi connectivity index (χ1n) is 5.93. The summed E-state index contributed by atoms with van der Waals surface area (Å²) in [6, 6.07) is 12.0. The van der Waals surface area contributed by atoms with Crippen LogP contribution in [0.4, 0.5) is 0 Å². The zero-order valence-corrected chi connectivity index (χ0v) is 10.9. The number of thiophene rings is 1. The van der Waals surface area contributed by atoms with E-state index in [1.807, 2.05) is 48.7 Å². The van der Waals surface area contributed by atoms with Crippen molar-refractivity contribution >= 4 is 22.3 Å². The molecule has 3 rings (SSSR count). The van der Waals surface area contributed by atoms with Crippen LogP contribution in [0.5, 0.6) is 0 Å². The number of para-hydroxylation sites is 1. The highest BCUT2D eigenvalue weighted by Crippen LogP contribution is 2.28. The van der Waals surface area contributed by atoms with Gasteiger partial charge in [0.25, 0.3) is 0 Å². The van der Waals surface area contributed by atoms with Gasteiger partial charge in [-0.1, -0.05) is 24.3 Å². The molecule has 0 aliphatic rings. The number of hydrogen-bond acceptors (Lipinski definition) is 3. The molecule has 1 N–H and O–H groups in total. The van der Waals surface area contributed by atoms with Gasteiger partial charge in [-0.15, -0.1) is 11.3 Å². The minimum Gasteiger partial charge on any atom is -0.458 e. The highest BCUT2D eigenvalue weighted by atomic mass is 32.1. The van der Waals surface area contributed by atoms with E-state index in [0.29, 0.717) is 12.2 Å². The van der Waals surface area contributed by atoms with Crippen molar-refractivity contribution in [3.63, 3.8) is 0 Å². The number of benzene rings is 1. The van der Waals surface area contributed by atoms with Crippen molar-refractivity contribution in [1.29, 1.82) is 0 Å². The summed E-state index contributed by atoms with van der Waals surface area (Å²) in [6.07, 6.45) is 0.0340. The Hall–Kier alpha value is -1.58. The van der Waals surface area contributed by atoms with E-state index in [4.69, 9.17) is 4.42 Å². The van der Waals surface area contributed by atoms with E-state index in [1.165, 1.54) is 4.88 Å². The van der Waals surface area contributed by atoms with Crippen LogP contribution in [-0.4, -0.2) is 5.11 Å². The monoisotopic (exact) mass is 258 g/mol. The van der Waals surface area contributed by atoms with Gasteiger partial charge in [-0.05, 0) is 30.0 Å². The van der Waals surface area contributed by atoms with Crippen LogP contribution in [0, 0.1) is 6.92 Å². The highest BCUT2D eigenvalue weighted by Gasteiger charge is 2.15. The van der Waals surface area contributed by atoms with Gasteiger partial charge in [-0.25, -0.2) is 0 Å². The Bertz CT molecular complexity index is 652. The van der Waals surface area contributed by atoms with Crippen LogP contribution in [0.3, 0.4) is 0 Å². The molecule has 18 heavy (non-hydrogen) atoms. The molecule has 0 radical (unpaired) electrons. The van der Waals surface area contributed by atoms with Crippen LogP contribution in [0.1, 0.15) is 22.3 Å². The Morgan fingerprint density at radius 2 is 2.17 bits per heavy atom. The molecule has 2 aromatic heterocycles. The molecule has 0 aliphatic heterocycles. The second-order valence-electron chi connectivity index (χ2n) is 4.44. The maximum atomic E-state index is 10.2. The van der Waals surface area contributed by atoms with Crippen molar-refractivity contribution in [1.82, 2.24) is 0 Å². The predicted octanol–water partition coefficient (Wildman–Crippen LogP) is 4.08. The van der Waals surface area contributed by atoms with Crippen LogP contribution in [0.15, 0.2) is 46.2 Å². The van der Waals surface area contributed by atoms with E-state index < -0.39 is 6.10 Å². The second-order valence-corrected chi connectivity index (χ2v) is 5.47. The summed E-state index contributed by atoms with van der Waals surface area (Å²) in [6.45, 7) is 2.02. The van der Waals surface area contributed by atoms with Crippen molar-refractivity contribution in [2.24, 2.45) is 0 Å². The fraction of sp³-hybridized carbons (Fsp3) is 0.200. The van der Waals surface area contributed by atoms with Crippen LogP contribution < -0.4 is 0 Å². The van der Waals surface area contributed by atoms with Crippen LogP contribution >= 0.6 is 11.3 Å². The summed E-state index contributed by atoms with van der Waals surface area (Å²) in [4.78, 5) is 1.17. The Labute approximate surface area is 109 Å². The molecular formula is C15H14O2S. The third-order valence-electron chi connectivity index (χ3n) is 3.06. The molecule has 1 atom stereocenters. The van der Waals surface area contributed by atoms with Gasteiger partial charge < -0.3 is 9.52 Å². The lowest BCUT2D eigenvalue weighted by atomic mass is 10.1. The van der Waals surface area contributed by atoms with E-state index in [9.17, 15) is 5.11 Å². The Morgan fingerprint density at radius 3 is 2.89 bits per heavy atom. The second kappa shape index (κ2) is 4.59. The minimum absolute atomic E-state index is 0.574. The zero-order chi connectivity index (χ0) is 12.5. The summed E-state index contributed by atoms with van der Waals surface area (Å²) in [7, 11) is 0. The number of aliphatic hydroxyl groups is 1. The van der Waals surface area contributed by atoms with Gasteiger partial charge in [0.2, 0.25) is 0 Å². The number of aliphatic hydroxyl groups excluding tert-OH is 1. The van der Waals surface area contributed by atoms with Gasteiger partial charge in [0.05, 0.1) is 0 Å². The van der Waals surface area contributed by atoms with E-state index >= 15 is 0 Å². The minimum atomic E-state index is -0.574. The van der Waals surface area contributed by atoms with Gasteiger partial charge in [-0.3, -0.25) is 0 Å². The first-order valence-corrected chi connectivity index (χ1v) is 6.81. The molecule has 0 aliphatic carbocycles. The number of furan rings is 1. The maximum absolute atomic E-state index is 10.2. The van der Waals surface area contributed by atoms with E-state index in [0.717, 1.165) is 16.5 Å². The molecule has 0 fully saturated rings. The van der Waals surface area contributed by atoms with Gasteiger partial charge >= 0.3 is 0 Å². The molecule has 1 aromatic carbocycles. The van der Waals surface area contributed by atoms with Crippen LogP contribution in [0.25, 0.3) is 11.0 Å². The summed E-state index contributed by atoms with van der Waals surface area (Å²) in [5.74, 6) is 0.646. The van der Waals surface area contributed by atoms with Crippen molar-refractivity contribution in [3.8, 4) is 0 Å². The number of fused-ring (bicyclic) bond motifs is 1.